The molecule has 0 saturated carbocycles. The van der Waals surface area contributed by atoms with Gasteiger partial charge in [0.15, 0.2) is 0 Å². The summed E-state index contributed by atoms with van der Waals surface area (Å²) in [5.74, 6) is -2.41. The van der Waals surface area contributed by atoms with Gasteiger partial charge >= 0.3 is 18.0 Å². The number of carboxylic acids is 2. The van der Waals surface area contributed by atoms with E-state index in [-0.39, 0.29) is 12.8 Å². The van der Waals surface area contributed by atoms with Crippen LogP contribution in [-0.4, -0.2) is 39.2 Å². The highest BCUT2D eigenvalue weighted by atomic mass is 16.4. The molecule has 1 aromatic rings. The highest BCUT2D eigenvalue weighted by Crippen LogP contribution is 2.12. The number of carbonyl (C=O) groups excluding carboxylic acids is 1. The third kappa shape index (κ3) is 5.47. The van der Waals surface area contributed by atoms with E-state index in [9.17, 15) is 14.4 Å². The standard InChI is InChI=1S/C13H17N3O5/c1-7-3-4-9(8(2)14-7)15-13(21)16-10(12(19)20)5-6-11(17)18/h3-4,10H,5-6H2,1-2H3,(H,17,18)(H,19,20)(H2,15,16,21)/t10-/m0/s1. The number of aromatic nitrogens is 1. The monoisotopic (exact) mass is 295 g/mol. The number of carbonyl (C=O) groups is 3. The summed E-state index contributed by atoms with van der Waals surface area (Å²) in [7, 11) is 0. The Labute approximate surface area is 121 Å². The van der Waals surface area contributed by atoms with Crippen molar-refractivity contribution in [2.45, 2.75) is 32.7 Å². The molecule has 21 heavy (non-hydrogen) atoms. The summed E-state index contributed by atoms with van der Waals surface area (Å²) in [6, 6.07) is 1.38. The maximum atomic E-state index is 11.7. The Kier molecular flexibility index (Phi) is 5.65. The van der Waals surface area contributed by atoms with Crippen LogP contribution in [0.15, 0.2) is 12.1 Å². The Balaban J connectivity index is 2.65. The first-order chi connectivity index (χ1) is 9.79. The molecule has 0 aliphatic heterocycles. The molecule has 0 aliphatic rings. The molecule has 0 spiro atoms. The van der Waals surface area contributed by atoms with Crippen LogP contribution in [0, 0.1) is 13.8 Å². The maximum Gasteiger partial charge on any atom is 0.326 e. The van der Waals surface area contributed by atoms with Crippen LogP contribution in [-0.2, 0) is 9.59 Å². The van der Waals surface area contributed by atoms with E-state index in [2.05, 4.69) is 15.6 Å². The minimum atomic E-state index is -1.29. The van der Waals surface area contributed by atoms with Crippen molar-refractivity contribution in [1.29, 1.82) is 0 Å². The number of aryl methyl sites for hydroxylation is 2. The van der Waals surface area contributed by atoms with Crippen molar-refractivity contribution >= 4 is 23.7 Å². The Morgan fingerprint density at radius 2 is 1.90 bits per heavy atom. The van der Waals surface area contributed by atoms with Gasteiger partial charge in [-0.05, 0) is 32.4 Å². The lowest BCUT2D eigenvalue weighted by Crippen LogP contribution is -2.43. The summed E-state index contributed by atoms with van der Waals surface area (Å²) >= 11 is 0. The normalized spacial score (nSPS) is 11.5. The lowest BCUT2D eigenvalue weighted by molar-refractivity contribution is -0.140. The Bertz CT molecular complexity index is 559. The highest BCUT2D eigenvalue weighted by Gasteiger charge is 2.21. The molecular weight excluding hydrogens is 278 g/mol. The van der Waals surface area contributed by atoms with Crippen molar-refractivity contribution in [3.05, 3.63) is 23.5 Å². The van der Waals surface area contributed by atoms with Crippen LogP contribution >= 0.6 is 0 Å². The Hall–Kier alpha value is -2.64. The lowest BCUT2D eigenvalue weighted by atomic mass is 10.1. The predicted molar refractivity (Wildman–Crippen MR) is 74.2 cm³/mol. The second-order valence-electron chi connectivity index (χ2n) is 4.51. The van der Waals surface area contributed by atoms with Gasteiger partial charge in [0.05, 0.1) is 11.4 Å². The Morgan fingerprint density at radius 3 is 2.43 bits per heavy atom. The minimum absolute atomic E-state index is 0.191. The van der Waals surface area contributed by atoms with E-state index in [1.54, 1.807) is 19.1 Å². The van der Waals surface area contributed by atoms with Crippen molar-refractivity contribution in [2.75, 3.05) is 5.32 Å². The first kappa shape index (κ1) is 16.4. The van der Waals surface area contributed by atoms with Gasteiger partial charge in [-0.1, -0.05) is 0 Å². The zero-order valence-electron chi connectivity index (χ0n) is 11.7. The van der Waals surface area contributed by atoms with Crippen molar-refractivity contribution < 1.29 is 24.6 Å². The van der Waals surface area contributed by atoms with Crippen LogP contribution in [0.3, 0.4) is 0 Å². The summed E-state index contributed by atoms with van der Waals surface area (Å²) < 4.78 is 0. The van der Waals surface area contributed by atoms with E-state index < -0.39 is 24.0 Å². The zero-order valence-corrected chi connectivity index (χ0v) is 11.7. The van der Waals surface area contributed by atoms with Crippen LogP contribution in [0.1, 0.15) is 24.2 Å². The molecule has 1 aromatic heterocycles. The van der Waals surface area contributed by atoms with Gasteiger partial charge < -0.3 is 20.8 Å². The van der Waals surface area contributed by atoms with Gasteiger partial charge in [-0.25, -0.2) is 9.59 Å². The fraction of sp³-hybridized carbons (Fsp3) is 0.385. The molecule has 1 rings (SSSR count). The van der Waals surface area contributed by atoms with E-state index in [1.165, 1.54) is 0 Å². The number of aliphatic carboxylic acids is 2. The molecule has 2 amide bonds. The topological polar surface area (TPSA) is 129 Å². The average molecular weight is 295 g/mol. The van der Waals surface area contributed by atoms with Crippen molar-refractivity contribution in [3.63, 3.8) is 0 Å². The smallest absolute Gasteiger partial charge is 0.326 e. The quantitative estimate of drug-likeness (QED) is 0.623. The van der Waals surface area contributed by atoms with Crippen LogP contribution in [0.2, 0.25) is 0 Å². The third-order valence-corrected chi connectivity index (χ3v) is 2.72. The molecule has 0 saturated heterocycles. The summed E-state index contributed by atoms with van der Waals surface area (Å²) in [6.45, 7) is 3.52. The molecule has 0 aromatic carbocycles. The van der Waals surface area contributed by atoms with Crippen LogP contribution < -0.4 is 10.6 Å². The fourth-order valence-electron chi connectivity index (χ4n) is 1.66. The van der Waals surface area contributed by atoms with Crippen LogP contribution in [0.25, 0.3) is 0 Å². The summed E-state index contributed by atoms with van der Waals surface area (Å²) in [4.78, 5) is 37.3. The molecular formula is C13H17N3O5. The fourth-order valence-corrected chi connectivity index (χ4v) is 1.66. The number of anilines is 1. The molecule has 4 N–H and O–H groups in total. The molecule has 0 bridgehead atoms. The minimum Gasteiger partial charge on any atom is -0.481 e. The molecule has 1 heterocycles. The van der Waals surface area contributed by atoms with Crippen molar-refractivity contribution in [3.8, 4) is 0 Å². The van der Waals surface area contributed by atoms with E-state index in [0.29, 0.717) is 11.4 Å². The number of nitrogens with zero attached hydrogens (tertiary/aromatic N) is 1. The number of hydrogen-bond donors (Lipinski definition) is 4. The van der Waals surface area contributed by atoms with Crippen molar-refractivity contribution in [1.82, 2.24) is 10.3 Å². The maximum absolute atomic E-state index is 11.7. The van der Waals surface area contributed by atoms with E-state index >= 15 is 0 Å². The molecule has 0 fully saturated rings. The number of carboxylic acid groups (broad SMARTS) is 2. The second kappa shape index (κ2) is 7.22. The van der Waals surface area contributed by atoms with E-state index in [4.69, 9.17) is 10.2 Å². The third-order valence-electron chi connectivity index (χ3n) is 2.72. The van der Waals surface area contributed by atoms with Crippen molar-refractivity contribution in [2.24, 2.45) is 0 Å². The molecule has 8 nitrogen and oxygen atoms in total. The molecule has 114 valence electrons. The molecule has 0 unspecified atom stereocenters. The predicted octanol–water partition coefficient (Wildman–Crippen LogP) is 1.14. The van der Waals surface area contributed by atoms with Gasteiger partial charge in [-0.2, -0.15) is 0 Å². The number of nitrogens with one attached hydrogen (secondary N) is 2. The van der Waals surface area contributed by atoms with Gasteiger partial charge in [0, 0.05) is 12.1 Å². The molecule has 8 heteroatoms. The lowest BCUT2D eigenvalue weighted by Gasteiger charge is -2.15. The van der Waals surface area contributed by atoms with Gasteiger partial charge in [0.1, 0.15) is 6.04 Å². The van der Waals surface area contributed by atoms with Gasteiger partial charge in [-0.15, -0.1) is 0 Å². The number of pyridine rings is 1. The Morgan fingerprint density at radius 1 is 1.24 bits per heavy atom. The SMILES string of the molecule is Cc1ccc(NC(=O)N[C@@H](CCC(=O)O)C(=O)O)c(C)n1. The number of urea groups is 1. The summed E-state index contributed by atoms with van der Waals surface area (Å²) in [5.41, 5.74) is 1.85. The number of hydrogen-bond acceptors (Lipinski definition) is 4. The van der Waals surface area contributed by atoms with E-state index in [0.717, 1.165) is 5.69 Å². The number of rotatable bonds is 6. The summed E-state index contributed by atoms with van der Waals surface area (Å²) in [6.07, 6.45) is -0.536. The van der Waals surface area contributed by atoms with Crippen LogP contribution in [0.4, 0.5) is 10.5 Å². The second-order valence-corrected chi connectivity index (χ2v) is 4.51. The summed E-state index contributed by atoms with van der Waals surface area (Å²) in [5, 5.41) is 22.2. The highest BCUT2D eigenvalue weighted by molar-refractivity contribution is 5.92. The van der Waals surface area contributed by atoms with Gasteiger partial charge in [0.2, 0.25) is 0 Å². The number of amides is 2. The first-order valence-corrected chi connectivity index (χ1v) is 6.26. The first-order valence-electron chi connectivity index (χ1n) is 6.26. The van der Waals surface area contributed by atoms with E-state index in [1.807, 2.05) is 6.92 Å². The van der Waals surface area contributed by atoms with Gasteiger partial charge in [-0.3, -0.25) is 9.78 Å². The van der Waals surface area contributed by atoms with Gasteiger partial charge in [0.25, 0.3) is 0 Å². The molecule has 0 radical (unpaired) electrons. The molecule has 1 atom stereocenters. The average Bonchev–Trinajstić information content (AvgIpc) is 2.37. The largest absolute Gasteiger partial charge is 0.481 e. The zero-order chi connectivity index (χ0) is 16.0. The van der Waals surface area contributed by atoms with Crippen LogP contribution in [0.5, 0.6) is 0 Å². The molecule has 0 aliphatic carbocycles.